The molecule has 2 nitrogen and oxygen atoms in total. The van der Waals surface area contributed by atoms with Crippen LogP contribution in [-0.2, 0) is 13.0 Å². The van der Waals surface area contributed by atoms with Crippen LogP contribution in [-0.4, -0.2) is 4.98 Å². The maximum Gasteiger partial charge on any atom is 0.0926 e. The molecule has 1 aromatic heterocycles. The molecule has 1 N–H and O–H groups in total. The van der Waals surface area contributed by atoms with E-state index in [-0.39, 0.29) is 0 Å². The second kappa shape index (κ2) is 5.71. The van der Waals surface area contributed by atoms with E-state index in [9.17, 15) is 0 Å². The molecule has 1 heterocycles. The van der Waals surface area contributed by atoms with E-state index >= 15 is 0 Å². The molecule has 0 aliphatic rings. The van der Waals surface area contributed by atoms with Gasteiger partial charge in [0.2, 0.25) is 0 Å². The van der Waals surface area contributed by atoms with Crippen LogP contribution in [0.4, 0.5) is 5.69 Å². The summed E-state index contributed by atoms with van der Waals surface area (Å²) in [6.07, 6.45) is 0.980. The minimum Gasteiger partial charge on any atom is -0.379 e. The molecule has 0 fully saturated rings. The van der Waals surface area contributed by atoms with Crippen molar-refractivity contribution in [1.29, 1.82) is 0 Å². The van der Waals surface area contributed by atoms with Gasteiger partial charge in [0.15, 0.2) is 0 Å². The zero-order chi connectivity index (χ0) is 12.3. The van der Waals surface area contributed by atoms with Crippen molar-refractivity contribution in [3.63, 3.8) is 0 Å². The Morgan fingerprint density at radius 1 is 1.24 bits per heavy atom. The van der Waals surface area contributed by atoms with Crippen molar-refractivity contribution in [1.82, 2.24) is 4.98 Å². The minimum atomic E-state index is 0.632. The van der Waals surface area contributed by atoms with E-state index in [1.54, 1.807) is 17.4 Å². The Bertz CT molecular complexity index is 491. The SMILES string of the molecule is CCc1nc(CNc2cc(Cl)cc(Cl)c2)cs1. The highest BCUT2D eigenvalue weighted by Crippen LogP contribution is 2.23. The molecule has 2 rings (SSSR count). The van der Waals surface area contributed by atoms with E-state index in [2.05, 4.69) is 22.6 Å². The molecule has 0 spiro atoms. The molecular formula is C12H12Cl2N2S. The monoisotopic (exact) mass is 286 g/mol. The Balaban J connectivity index is 2.01. The zero-order valence-electron chi connectivity index (χ0n) is 9.34. The fourth-order valence-corrected chi connectivity index (χ4v) is 2.71. The van der Waals surface area contributed by atoms with Gasteiger partial charge >= 0.3 is 0 Å². The Morgan fingerprint density at radius 2 is 1.94 bits per heavy atom. The van der Waals surface area contributed by atoms with Crippen molar-refractivity contribution in [3.8, 4) is 0 Å². The molecule has 0 aliphatic carbocycles. The number of thiazole rings is 1. The number of halogens is 2. The number of benzene rings is 1. The molecule has 0 radical (unpaired) electrons. The van der Waals surface area contributed by atoms with E-state index < -0.39 is 0 Å². The van der Waals surface area contributed by atoms with Crippen molar-refractivity contribution in [2.75, 3.05) is 5.32 Å². The molecule has 0 amide bonds. The summed E-state index contributed by atoms with van der Waals surface area (Å²) in [5.41, 5.74) is 1.96. The van der Waals surface area contributed by atoms with E-state index in [1.165, 1.54) is 0 Å². The van der Waals surface area contributed by atoms with Crippen molar-refractivity contribution in [3.05, 3.63) is 44.3 Å². The molecule has 0 bridgehead atoms. The number of rotatable bonds is 4. The van der Waals surface area contributed by atoms with Crippen molar-refractivity contribution < 1.29 is 0 Å². The van der Waals surface area contributed by atoms with E-state index in [0.717, 1.165) is 22.8 Å². The van der Waals surface area contributed by atoms with Gasteiger partial charge in [0.25, 0.3) is 0 Å². The standard InChI is InChI=1S/C12H12Cl2N2S/c1-2-12-16-11(7-17-12)6-15-10-4-8(13)3-9(14)5-10/h3-5,7,15H,2,6H2,1H3. The van der Waals surface area contributed by atoms with Crippen LogP contribution in [0.1, 0.15) is 17.6 Å². The molecule has 0 saturated heterocycles. The summed E-state index contributed by atoms with van der Waals surface area (Å²) in [5.74, 6) is 0. The molecule has 0 aliphatic heterocycles. The lowest BCUT2D eigenvalue weighted by molar-refractivity contribution is 1.01. The predicted octanol–water partition coefficient (Wildman–Crippen LogP) is 4.62. The van der Waals surface area contributed by atoms with Gasteiger partial charge in [0.1, 0.15) is 0 Å². The number of nitrogens with zero attached hydrogens (tertiary/aromatic N) is 1. The van der Waals surface area contributed by atoms with Crippen LogP contribution in [0.15, 0.2) is 23.6 Å². The maximum absolute atomic E-state index is 5.92. The van der Waals surface area contributed by atoms with Crippen LogP contribution >= 0.6 is 34.5 Å². The Morgan fingerprint density at radius 3 is 2.53 bits per heavy atom. The molecule has 2 aromatic rings. The van der Waals surface area contributed by atoms with Gasteiger partial charge in [-0.2, -0.15) is 0 Å². The lowest BCUT2D eigenvalue weighted by atomic mass is 10.3. The highest BCUT2D eigenvalue weighted by Gasteiger charge is 2.01. The zero-order valence-corrected chi connectivity index (χ0v) is 11.7. The fraction of sp³-hybridized carbons (Fsp3) is 0.250. The van der Waals surface area contributed by atoms with Gasteiger partial charge in [0.05, 0.1) is 17.2 Å². The highest BCUT2D eigenvalue weighted by atomic mass is 35.5. The van der Waals surface area contributed by atoms with Crippen LogP contribution < -0.4 is 5.32 Å². The third-order valence-electron chi connectivity index (χ3n) is 2.24. The van der Waals surface area contributed by atoms with Crippen LogP contribution in [0.3, 0.4) is 0 Å². The Hall–Kier alpha value is -0.770. The third-order valence-corrected chi connectivity index (χ3v) is 3.72. The van der Waals surface area contributed by atoms with Gasteiger partial charge in [-0.1, -0.05) is 30.1 Å². The first kappa shape index (κ1) is 12.7. The molecule has 0 saturated carbocycles. The van der Waals surface area contributed by atoms with Crippen LogP contribution in [0.2, 0.25) is 10.0 Å². The largest absolute Gasteiger partial charge is 0.379 e. The number of hydrogen-bond acceptors (Lipinski definition) is 3. The van der Waals surface area contributed by atoms with Crippen molar-refractivity contribution >= 4 is 40.2 Å². The lowest BCUT2D eigenvalue weighted by Gasteiger charge is -2.05. The second-order valence-electron chi connectivity index (χ2n) is 3.60. The number of anilines is 1. The quantitative estimate of drug-likeness (QED) is 0.887. The summed E-state index contributed by atoms with van der Waals surface area (Å²) in [4.78, 5) is 4.48. The van der Waals surface area contributed by atoms with Gasteiger partial charge in [-0.15, -0.1) is 11.3 Å². The third kappa shape index (κ3) is 3.60. The average Bonchev–Trinajstić information content (AvgIpc) is 2.73. The van der Waals surface area contributed by atoms with E-state index in [0.29, 0.717) is 16.6 Å². The summed E-state index contributed by atoms with van der Waals surface area (Å²) in [5, 5.41) is 7.74. The smallest absolute Gasteiger partial charge is 0.0926 e. The molecular weight excluding hydrogens is 275 g/mol. The van der Waals surface area contributed by atoms with Crippen LogP contribution in [0.5, 0.6) is 0 Å². The summed E-state index contributed by atoms with van der Waals surface area (Å²) in [6, 6.07) is 5.41. The van der Waals surface area contributed by atoms with Crippen molar-refractivity contribution in [2.45, 2.75) is 19.9 Å². The normalized spacial score (nSPS) is 10.5. The molecule has 0 unspecified atom stereocenters. The van der Waals surface area contributed by atoms with Crippen LogP contribution in [0, 0.1) is 0 Å². The topological polar surface area (TPSA) is 24.9 Å². The number of aromatic nitrogens is 1. The fourth-order valence-electron chi connectivity index (χ4n) is 1.44. The summed E-state index contributed by atoms with van der Waals surface area (Å²) in [7, 11) is 0. The number of aryl methyl sites for hydroxylation is 1. The molecule has 17 heavy (non-hydrogen) atoms. The Kier molecular flexibility index (Phi) is 4.26. The first-order chi connectivity index (χ1) is 8.17. The number of nitrogens with one attached hydrogen (secondary N) is 1. The molecule has 90 valence electrons. The predicted molar refractivity (Wildman–Crippen MR) is 75.3 cm³/mol. The minimum absolute atomic E-state index is 0.632. The lowest BCUT2D eigenvalue weighted by Crippen LogP contribution is -1.99. The number of hydrogen-bond donors (Lipinski definition) is 1. The van der Waals surface area contributed by atoms with Crippen LogP contribution in [0.25, 0.3) is 0 Å². The van der Waals surface area contributed by atoms with Crippen molar-refractivity contribution in [2.24, 2.45) is 0 Å². The average molecular weight is 287 g/mol. The van der Waals surface area contributed by atoms with E-state index in [1.807, 2.05) is 12.1 Å². The highest BCUT2D eigenvalue weighted by molar-refractivity contribution is 7.09. The first-order valence-corrected chi connectivity index (χ1v) is 6.94. The molecule has 1 aromatic carbocycles. The maximum atomic E-state index is 5.92. The first-order valence-electron chi connectivity index (χ1n) is 5.30. The van der Waals surface area contributed by atoms with Gasteiger partial charge in [-0.05, 0) is 24.6 Å². The van der Waals surface area contributed by atoms with Gasteiger partial charge in [-0.3, -0.25) is 0 Å². The van der Waals surface area contributed by atoms with Gasteiger partial charge in [-0.25, -0.2) is 4.98 Å². The Labute approximate surface area is 115 Å². The van der Waals surface area contributed by atoms with Gasteiger partial charge in [0, 0.05) is 21.1 Å². The summed E-state index contributed by atoms with van der Waals surface area (Å²) < 4.78 is 0. The molecule has 5 heteroatoms. The molecule has 0 atom stereocenters. The summed E-state index contributed by atoms with van der Waals surface area (Å²) in [6.45, 7) is 2.79. The summed E-state index contributed by atoms with van der Waals surface area (Å²) >= 11 is 13.5. The second-order valence-corrected chi connectivity index (χ2v) is 5.41. The van der Waals surface area contributed by atoms with Gasteiger partial charge < -0.3 is 5.32 Å². The van der Waals surface area contributed by atoms with E-state index in [4.69, 9.17) is 23.2 Å².